The van der Waals surface area contributed by atoms with Gasteiger partial charge in [-0.25, -0.2) is 0 Å². The summed E-state index contributed by atoms with van der Waals surface area (Å²) in [6.45, 7) is 4.41. The smallest absolute Gasteiger partial charge is 0.137 e. The summed E-state index contributed by atoms with van der Waals surface area (Å²) in [5.41, 5.74) is 23.3. The molecule has 0 atom stereocenters. The van der Waals surface area contributed by atoms with Gasteiger partial charge in [0.2, 0.25) is 0 Å². The number of furan rings is 1. The van der Waals surface area contributed by atoms with Crippen molar-refractivity contribution in [2.45, 2.75) is 13.8 Å². The van der Waals surface area contributed by atoms with Crippen LogP contribution in [0.25, 0.3) is 105 Å². The minimum atomic E-state index is 0.870. The fourth-order valence-corrected chi connectivity index (χ4v) is 10.6. The van der Waals surface area contributed by atoms with Gasteiger partial charge in [-0.1, -0.05) is 146 Å². The number of benzene rings is 10. The summed E-state index contributed by atoms with van der Waals surface area (Å²) in [6, 6.07) is 79.7. The largest absolute Gasteiger partial charge is 0.456 e. The summed E-state index contributed by atoms with van der Waals surface area (Å²) in [6.07, 6.45) is 0. The van der Waals surface area contributed by atoms with Crippen LogP contribution in [0.5, 0.6) is 0 Å². The summed E-state index contributed by atoms with van der Waals surface area (Å²) < 4.78 is 8.95. The second-order valence-electron chi connectivity index (χ2n) is 17.4. The number of hydrogen-bond acceptors (Lipinski definition) is 2. The molecule has 1 aliphatic rings. The van der Waals surface area contributed by atoms with Gasteiger partial charge in [-0.3, -0.25) is 0 Å². The molecule has 0 bridgehead atoms. The van der Waals surface area contributed by atoms with Crippen molar-refractivity contribution in [2.75, 3.05) is 4.90 Å². The molecule has 306 valence electrons. The van der Waals surface area contributed by atoms with Crippen LogP contribution in [0.15, 0.2) is 223 Å². The number of aromatic nitrogens is 1. The molecule has 2 aromatic heterocycles. The highest BCUT2D eigenvalue weighted by Crippen LogP contribution is 2.50. The first-order chi connectivity index (χ1) is 32.1. The first-order valence-electron chi connectivity index (χ1n) is 22.4. The molecule has 12 aromatic rings. The quantitative estimate of drug-likeness (QED) is 0.166. The molecule has 0 saturated carbocycles. The highest BCUT2D eigenvalue weighted by Gasteiger charge is 2.26. The Hall–Kier alpha value is -8.40. The Bertz CT molecular complexity index is 3850. The first-order valence-corrected chi connectivity index (χ1v) is 22.4. The van der Waals surface area contributed by atoms with Crippen LogP contribution >= 0.6 is 0 Å². The van der Waals surface area contributed by atoms with Crippen molar-refractivity contribution in [1.82, 2.24) is 4.57 Å². The third-order valence-electron chi connectivity index (χ3n) is 13.6. The van der Waals surface area contributed by atoms with Crippen molar-refractivity contribution in [3.63, 3.8) is 0 Å². The lowest BCUT2D eigenvalue weighted by Gasteiger charge is -2.27. The number of nitrogens with zero attached hydrogens (tertiary/aromatic N) is 2. The molecule has 0 amide bonds. The van der Waals surface area contributed by atoms with Gasteiger partial charge in [0.1, 0.15) is 11.2 Å². The standard InChI is InChI=1S/C62H42N2O/c1-39-15-6-7-18-47(39)48-33-32-46(35-40(48)2)63(58-24-14-26-60-61(58)52-22-11-13-25-59(52)65-60)45-30-27-42(28-31-45)44-37-54-50-20-9-8-19-49(50)53-36-43(41-16-4-3-5-17-41)29-34-57(53)64-56-23-12-10-21-51(56)55(38-44)62(54)64/h3-38H,1-2H3. The van der Waals surface area contributed by atoms with Gasteiger partial charge in [-0.05, 0) is 142 Å². The van der Waals surface area contributed by atoms with E-state index in [1.165, 1.54) is 88.7 Å². The predicted molar refractivity (Wildman–Crippen MR) is 273 cm³/mol. The normalized spacial score (nSPS) is 11.8. The third kappa shape index (κ3) is 5.82. The lowest BCUT2D eigenvalue weighted by molar-refractivity contribution is 0.669. The zero-order chi connectivity index (χ0) is 43.2. The first kappa shape index (κ1) is 37.2. The van der Waals surface area contributed by atoms with Crippen molar-refractivity contribution in [3.05, 3.63) is 230 Å². The van der Waals surface area contributed by atoms with Gasteiger partial charge >= 0.3 is 0 Å². The highest BCUT2D eigenvalue weighted by molar-refractivity contribution is 6.18. The Labute approximate surface area is 377 Å². The van der Waals surface area contributed by atoms with Crippen molar-refractivity contribution in [2.24, 2.45) is 0 Å². The number of anilines is 3. The topological polar surface area (TPSA) is 21.3 Å². The van der Waals surface area contributed by atoms with Crippen molar-refractivity contribution >= 4 is 60.8 Å². The van der Waals surface area contributed by atoms with Crippen LogP contribution in [0.1, 0.15) is 11.1 Å². The van der Waals surface area contributed by atoms with E-state index in [1.54, 1.807) is 0 Å². The lowest BCUT2D eigenvalue weighted by atomic mass is 9.90. The maximum Gasteiger partial charge on any atom is 0.137 e. The Balaban J connectivity index is 0.991. The van der Waals surface area contributed by atoms with Crippen LogP contribution in [0, 0.1) is 13.8 Å². The molecule has 3 heteroatoms. The van der Waals surface area contributed by atoms with E-state index in [0.717, 1.165) is 44.6 Å². The summed E-state index contributed by atoms with van der Waals surface area (Å²) in [4.78, 5) is 2.39. The van der Waals surface area contributed by atoms with Gasteiger partial charge in [0.25, 0.3) is 0 Å². The average Bonchev–Trinajstić information content (AvgIpc) is 3.87. The Morgan fingerprint density at radius 1 is 0.369 bits per heavy atom. The second kappa shape index (κ2) is 14.6. The molecule has 10 aromatic carbocycles. The van der Waals surface area contributed by atoms with E-state index in [-0.39, 0.29) is 0 Å². The Morgan fingerprint density at radius 3 is 1.82 bits per heavy atom. The zero-order valence-electron chi connectivity index (χ0n) is 36.1. The molecule has 3 nitrogen and oxygen atoms in total. The minimum absolute atomic E-state index is 0.870. The highest BCUT2D eigenvalue weighted by atomic mass is 16.3. The molecule has 0 unspecified atom stereocenters. The fourth-order valence-electron chi connectivity index (χ4n) is 10.6. The van der Waals surface area contributed by atoms with E-state index < -0.39 is 0 Å². The van der Waals surface area contributed by atoms with Crippen molar-refractivity contribution in [1.29, 1.82) is 0 Å². The van der Waals surface area contributed by atoms with E-state index in [9.17, 15) is 0 Å². The summed E-state index contributed by atoms with van der Waals surface area (Å²) in [5.74, 6) is 0. The van der Waals surface area contributed by atoms with Crippen LogP contribution in [0.2, 0.25) is 0 Å². The predicted octanol–water partition coefficient (Wildman–Crippen LogP) is 17.4. The van der Waals surface area contributed by atoms with Crippen LogP contribution < -0.4 is 4.90 Å². The summed E-state index contributed by atoms with van der Waals surface area (Å²) >= 11 is 0. The Morgan fingerprint density at radius 2 is 1.00 bits per heavy atom. The number of rotatable bonds is 6. The number of fused-ring (bicyclic) bond motifs is 11. The summed E-state index contributed by atoms with van der Waals surface area (Å²) in [7, 11) is 0. The Kier molecular flexibility index (Phi) is 8.34. The molecule has 0 saturated heterocycles. The molecule has 65 heavy (non-hydrogen) atoms. The monoisotopic (exact) mass is 830 g/mol. The molecule has 0 fully saturated rings. The summed E-state index contributed by atoms with van der Waals surface area (Å²) in [5, 5.41) is 4.69. The number of para-hydroxylation sites is 2. The van der Waals surface area contributed by atoms with E-state index in [1.807, 2.05) is 6.07 Å². The zero-order valence-corrected chi connectivity index (χ0v) is 36.1. The van der Waals surface area contributed by atoms with Gasteiger partial charge in [0.05, 0.1) is 27.8 Å². The third-order valence-corrected chi connectivity index (χ3v) is 13.6. The van der Waals surface area contributed by atoms with E-state index in [0.29, 0.717) is 0 Å². The van der Waals surface area contributed by atoms with Gasteiger partial charge in [0, 0.05) is 38.7 Å². The molecule has 3 heterocycles. The van der Waals surface area contributed by atoms with Crippen LogP contribution in [-0.2, 0) is 0 Å². The number of hydrogen-bond donors (Lipinski definition) is 0. The second-order valence-corrected chi connectivity index (χ2v) is 17.4. The lowest BCUT2D eigenvalue weighted by Crippen LogP contribution is -2.10. The van der Waals surface area contributed by atoms with Crippen LogP contribution in [-0.4, -0.2) is 4.57 Å². The van der Waals surface area contributed by atoms with Crippen LogP contribution in [0.3, 0.4) is 0 Å². The molecule has 0 radical (unpaired) electrons. The van der Waals surface area contributed by atoms with E-state index in [2.05, 4.69) is 236 Å². The molecule has 1 aliphatic heterocycles. The molecular formula is C62H42N2O. The van der Waals surface area contributed by atoms with Gasteiger partial charge in [-0.2, -0.15) is 0 Å². The molecular weight excluding hydrogens is 789 g/mol. The van der Waals surface area contributed by atoms with E-state index in [4.69, 9.17) is 4.42 Å². The maximum atomic E-state index is 6.45. The molecule has 0 N–H and O–H groups in total. The minimum Gasteiger partial charge on any atom is -0.456 e. The number of aryl methyl sites for hydroxylation is 2. The average molecular weight is 831 g/mol. The van der Waals surface area contributed by atoms with Crippen LogP contribution in [0.4, 0.5) is 17.1 Å². The van der Waals surface area contributed by atoms with Gasteiger partial charge < -0.3 is 13.9 Å². The fraction of sp³-hybridized carbons (Fsp3) is 0.0323. The SMILES string of the molecule is Cc1ccccc1-c1ccc(N(c2ccc(-c3cc4c5c(c3)c3ccccc3n5-c3ccc(-c5ccccc5)cc3-c3ccccc3-4)cc2)c2cccc3oc4ccccc4c23)cc1C. The van der Waals surface area contributed by atoms with Crippen molar-refractivity contribution in [3.8, 4) is 61.3 Å². The molecule has 0 spiro atoms. The van der Waals surface area contributed by atoms with E-state index >= 15 is 0 Å². The maximum absolute atomic E-state index is 6.45. The van der Waals surface area contributed by atoms with Crippen molar-refractivity contribution < 1.29 is 4.42 Å². The van der Waals surface area contributed by atoms with Gasteiger partial charge in [-0.15, -0.1) is 0 Å². The molecule has 0 aliphatic carbocycles. The molecule has 13 rings (SSSR count). The van der Waals surface area contributed by atoms with Gasteiger partial charge in [0.15, 0.2) is 0 Å².